The fraction of sp³-hybridized carbons (Fsp3) is 0.600. The third kappa shape index (κ3) is 5.05. The van der Waals surface area contributed by atoms with E-state index in [-0.39, 0.29) is 29.7 Å². The number of carbonyl (C=O) groups excluding carboxylic acids is 2. The Morgan fingerprint density at radius 1 is 1.24 bits per heavy atom. The molecule has 2 amide bonds. The van der Waals surface area contributed by atoms with Gasteiger partial charge in [-0.15, -0.1) is 0 Å². The number of benzene rings is 1. The van der Waals surface area contributed by atoms with E-state index in [1.54, 1.807) is 0 Å². The molecule has 0 bridgehead atoms. The third-order valence-electron chi connectivity index (χ3n) is 4.81. The highest BCUT2D eigenvalue weighted by atomic mass is 16.3. The molecule has 2 N–H and O–H groups in total. The highest BCUT2D eigenvalue weighted by Gasteiger charge is 2.32. The van der Waals surface area contributed by atoms with Crippen LogP contribution < -0.4 is 5.32 Å². The maximum Gasteiger partial charge on any atom is 0.227 e. The van der Waals surface area contributed by atoms with E-state index in [2.05, 4.69) is 5.32 Å². The first-order valence-electron chi connectivity index (χ1n) is 9.01. The number of aliphatic hydroxyl groups excluding tert-OH is 1. The summed E-state index contributed by atoms with van der Waals surface area (Å²) in [6.07, 6.45) is 0.648. The van der Waals surface area contributed by atoms with Crippen molar-refractivity contribution < 1.29 is 14.7 Å². The first-order chi connectivity index (χ1) is 11.7. The van der Waals surface area contributed by atoms with Crippen LogP contribution >= 0.6 is 0 Å². The highest BCUT2D eigenvalue weighted by Crippen LogP contribution is 2.24. The molecule has 0 spiro atoms. The molecule has 0 saturated carbocycles. The molecule has 1 aliphatic rings. The van der Waals surface area contributed by atoms with Gasteiger partial charge in [0.1, 0.15) is 0 Å². The maximum atomic E-state index is 12.4. The number of carbonyl (C=O) groups is 2. The molecule has 0 aliphatic carbocycles. The van der Waals surface area contributed by atoms with E-state index < -0.39 is 6.10 Å². The van der Waals surface area contributed by atoms with Crippen LogP contribution in [0.4, 0.5) is 0 Å². The summed E-state index contributed by atoms with van der Waals surface area (Å²) in [4.78, 5) is 26.5. The Morgan fingerprint density at radius 3 is 2.40 bits per heavy atom. The van der Waals surface area contributed by atoms with Crippen LogP contribution in [0.2, 0.25) is 0 Å². The fourth-order valence-electron chi connectivity index (χ4n) is 3.23. The molecule has 5 nitrogen and oxygen atoms in total. The van der Waals surface area contributed by atoms with Crippen molar-refractivity contribution in [1.29, 1.82) is 0 Å². The van der Waals surface area contributed by atoms with Crippen LogP contribution in [0.15, 0.2) is 24.3 Å². The number of rotatable bonds is 4. The van der Waals surface area contributed by atoms with Gasteiger partial charge in [0, 0.05) is 31.0 Å². The van der Waals surface area contributed by atoms with Gasteiger partial charge < -0.3 is 15.3 Å². The summed E-state index contributed by atoms with van der Waals surface area (Å²) in [5.41, 5.74) is 1.47. The predicted molar refractivity (Wildman–Crippen MR) is 97.9 cm³/mol. The average Bonchev–Trinajstić information content (AvgIpc) is 2.58. The van der Waals surface area contributed by atoms with Gasteiger partial charge in [0.05, 0.1) is 6.10 Å². The number of likely N-dealkylation sites (tertiary alicyclic amines) is 1. The van der Waals surface area contributed by atoms with Gasteiger partial charge in [-0.1, -0.05) is 45.0 Å². The van der Waals surface area contributed by atoms with E-state index >= 15 is 0 Å². The summed E-state index contributed by atoms with van der Waals surface area (Å²) in [6.45, 7) is 9.15. The topological polar surface area (TPSA) is 69.6 Å². The van der Waals surface area contributed by atoms with E-state index in [9.17, 15) is 14.7 Å². The number of piperidine rings is 1. The molecule has 1 atom stereocenters. The molecular formula is C20H30N2O3. The zero-order valence-electron chi connectivity index (χ0n) is 15.7. The van der Waals surface area contributed by atoms with Gasteiger partial charge in [-0.25, -0.2) is 0 Å². The SMILES string of the molecule is Cc1ccccc1C(O)CNC(=O)C1CCN(C(=O)C(C)(C)C)CC1. The van der Waals surface area contributed by atoms with Gasteiger partial charge in [0.15, 0.2) is 0 Å². The van der Waals surface area contributed by atoms with E-state index in [1.165, 1.54) is 0 Å². The Balaban J connectivity index is 1.81. The van der Waals surface area contributed by atoms with Crippen molar-refractivity contribution in [2.24, 2.45) is 11.3 Å². The molecule has 1 fully saturated rings. The maximum absolute atomic E-state index is 12.4. The Morgan fingerprint density at radius 2 is 1.84 bits per heavy atom. The molecule has 1 saturated heterocycles. The van der Waals surface area contributed by atoms with Crippen molar-refractivity contribution in [2.45, 2.75) is 46.6 Å². The largest absolute Gasteiger partial charge is 0.387 e. The lowest BCUT2D eigenvalue weighted by Crippen LogP contribution is -2.47. The van der Waals surface area contributed by atoms with Crippen LogP contribution in [0.25, 0.3) is 0 Å². The molecule has 0 aromatic heterocycles. The summed E-state index contributed by atoms with van der Waals surface area (Å²) in [6, 6.07) is 7.64. The van der Waals surface area contributed by atoms with Gasteiger partial charge in [-0.3, -0.25) is 9.59 Å². The molecule has 1 unspecified atom stereocenters. The number of amides is 2. The molecule has 0 radical (unpaired) electrons. The third-order valence-corrected chi connectivity index (χ3v) is 4.81. The zero-order valence-corrected chi connectivity index (χ0v) is 15.7. The van der Waals surface area contributed by atoms with Crippen molar-refractivity contribution in [1.82, 2.24) is 10.2 Å². The number of nitrogens with zero attached hydrogens (tertiary/aromatic N) is 1. The summed E-state index contributed by atoms with van der Waals surface area (Å²) in [5, 5.41) is 13.1. The number of aliphatic hydroxyl groups is 1. The minimum Gasteiger partial charge on any atom is -0.387 e. The van der Waals surface area contributed by atoms with Crippen molar-refractivity contribution in [3.63, 3.8) is 0 Å². The second kappa shape index (κ2) is 8.00. The van der Waals surface area contributed by atoms with Gasteiger partial charge in [-0.2, -0.15) is 0 Å². The Kier molecular flexibility index (Phi) is 6.22. The standard InChI is InChI=1S/C20H30N2O3/c1-14-7-5-6-8-16(14)17(23)13-21-18(24)15-9-11-22(12-10-15)19(25)20(2,3)4/h5-8,15,17,23H,9-13H2,1-4H3,(H,21,24). The van der Waals surface area contributed by atoms with E-state index in [0.717, 1.165) is 11.1 Å². The molecule has 138 valence electrons. The summed E-state index contributed by atoms with van der Waals surface area (Å²) < 4.78 is 0. The second-order valence-electron chi connectivity index (χ2n) is 7.93. The van der Waals surface area contributed by atoms with Crippen molar-refractivity contribution in [3.8, 4) is 0 Å². The lowest BCUT2D eigenvalue weighted by molar-refractivity contribution is -0.142. The highest BCUT2D eigenvalue weighted by molar-refractivity contribution is 5.82. The molecule has 2 rings (SSSR count). The van der Waals surface area contributed by atoms with Gasteiger partial charge in [0.2, 0.25) is 11.8 Å². The molecule has 1 heterocycles. The summed E-state index contributed by atoms with van der Waals surface area (Å²) in [5.74, 6) is 0.0184. The monoisotopic (exact) mass is 346 g/mol. The Hall–Kier alpha value is -1.88. The van der Waals surface area contributed by atoms with E-state index in [4.69, 9.17) is 0 Å². The lowest BCUT2D eigenvalue weighted by atomic mass is 9.90. The summed E-state index contributed by atoms with van der Waals surface area (Å²) >= 11 is 0. The first-order valence-corrected chi connectivity index (χ1v) is 9.01. The van der Waals surface area contributed by atoms with Gasteiger partial charge >= 0.3 is 0 Å². The van der Waals surface area contributed by atoms with Crippen molar-refractivity contribution in [2.75, 3.05) is 19.6 Å². The molecule has 1 aromatic rings. The molecular weight excluding hydrogens is 316 g/mol. The smallest absolute Gasteiger partial charge is 0.227 e. The second-order valence-corrected chi connectivity index (χ2v) is 7.93. The quantitative estimate of drug-likeness (QED) is 0.880. The molecule has 25 heavy (non-hydrogen) atoms. The van der Waals surface area contributed by atoms with Crippen LogP contribution in [0.5, 0.6) is 0 Å². The zero-order chi connectivity index (χ0) is 18.6. The van der Waals surface area contributed by atoms with E-state index in [1.807, 2.05) is 56.9 Å². The van der Waals surface area contributed by atoms with Crippen LogP contribution in [0.1, 0.15) is 50.8 Å². The van der Waals surface area contributed by atoms with Crippen LogP contribution in [-0.2, 0) is 9.59 Å². The fourth-order valence-corrected chi connectivity index (χ4v) is 3.23. The molecule has 1 aliphatic heterocycles. The van der Waals surface area contributed by atoms with Crippen LogP contribution in [0.3, 0.4) is 0 Å². The van der Waals surface area contributed by atoms with Gasteiger partial charge in [-0.05, 0) is 30.9 Å². The Bertz CT molecular complexity index is 614. The predicted octanol–water partition coefficient (Wildman–Crippen LogP) is 2.43. The normalized spacial score (nSPS) is 17.2. The number of hydrogen-bond acceptors (Lipinski definition) is 3. The number of nitrogens with one attached hydrogen (secondary N) is 1. The number of aryl methyl sites for hydroxylation is 1. The van der Waals surface area contributed by atoms with E-state index in [0.29, 0.717) is 25.9 Å². The van der Waals surface area contributed by atoms with Crippen molar-refractivity contribution >= 4 is 11.8 Å². The lowest BCUT2D eigenvalue weighted by Gasteiger charge is -2.35. The minimum absolute atomic E-state index is 0.0320. The van der Waals surface area contributed by atoms with Gasteiger partial charge in [0.25, 0.3) is 0 Å². The molecule has 1 aromatic carbocycles. The summed E-state index contributed by atoms with van der Waals surface area (Å²) in [7, 11) is 0. The van der Waals surface area contributed by atoms with Crippen molar-refractivity contribution in [3.05, 3.63) is 35.4 Å². The number of hydrogen-bond donors (Lipinski definition) is 2. The molecule has 5 heteroatoms. The average molecular weight is 346 g/mol. The first kappa shape index (κ1) is 19.4. The van der Waals surface area contributed by atoms with Crippen LogP contribution in [-0.4, -0.2) is 41.5 Å². The Labute approximate surface area is 150 Å². The van der Waals surface area contributed by atoms with Crippen LogP contribution in [0, 0.1) is 18.3 Å². The minimum atomic E-state index is -0.701.